The average Bonchev–Trinajstić information content (AvgIpc) is 3.21. The molecule has 0 fully saturated rings. The van der Waals surface area contributed by atoms with Crippen LogP contribution in [0.25, 0.3) is 5.69 Å². The standard InChI is InChI=1S/C19H19N5O4/c1-3-28-14-10-8-13(9-11-14)24-17(21-22-23-24)12-20-18(25)15-6-4-5-7-16(15)19(26)27-2/h4-11H,3,12H2,1-2H3,(H,20,25). The molecule has 0 aliphatic carbocycles. The van der Waals surface area contributed by atoms with E-state index in [9.17, 15) is 9.59 Å². The Morgan fingerprint density at radius 2 is 1.79 bits per heavy atom. The van der Waals surface area contributed by atoms with E-state index in [2.05, 4.69) is 20.8 Å². The molecule has 1 heterocycles. The summed E-state index contributed by atoms with van der Waals surface area (Å²) in [6.45, 7) is 2.57. The number of methoxy groups -OCH3 is 1. The van der Waals surface area contributed by atoms with Crippen LogP contribution < -0.4 is 10.1 Å². The van der Waals surface area contributed by atoms with E-state index in [1.807, 2.05) is 31.2 Å². The van der Waals surface area contributed by atoms with Gasteiger partial charge in [0, 0.05) is 0 Å². The molecule has 144 valence electrons. The van der Waals surface area contributed by atoms with Crippen molar-refractivity contribution >= 4 is 11.9 Å². The molecule has 0 saturated carbocycles. The zero-order valence-electron chi connectivity index (χ0n) is 15.5. The Hall–Kier alpha value is -3.75. The summed E-state index contributed by atoms with van der Waals surface area (Å²) < 4.78 is 11.7. The number of carbonyl (C=O) groups excluding carboxylic acids is 2. The van der Waals surface area contributed by atoms with Gasteiger partial charge in [-0.3, -0.25) is 4.79 Å². The van der Waals surface area contributed by atoms with Crippen molar-refractivity contribution in [3.8, 4) is 11.4 Å². The van der Waals surface area contributed by atoms with Gasteiger partial charge >= 0.3 is 5.97 Å². The summed E-state index contributed by atoms with van der Waals surface area (Å²) in [7, 11) is 1.27. The lowest BCUT2D eigenvalue weighted by atomic mass is 10.1. The normalized spacial score (nSPS) is 10.4. The molecular weight excluding hydrogens is 362 g/mol. The SMILES string of the molecule is CCOc1ccc(-n2nnnc2CNC(=O)c2ccccc2C(=O)OC)cc1. The molecule has 0 radical (unpaired) electrons. The lowest BCUT2D eigenvalue weighted by Crippen LogP contribution is -2.26. The van der Waals surface area contributed by atoms with Crippen LogP contribution in [-0.2, 0) is 11.3 Å². The third-order valence-electron chi connectivity index (χ3n) is 3.91. The molecule has 3 aromatic rings. The van der Waals surface area contributed by atoms with Crippen molar-refractivity contribution in [1.29, 1.82) is 0 Å². The van der Waals surface area contributed by atoms with Crippen LogP contribution in [-0.4, -0.2) is 45.8 Å². The van der Waals surface area contributed by atoms with Crippen molar-refractivity contribution in [2.24, 2.45) is 0 Å². The number of carbonyl (C=O) groups is 2. The van der Waals surface area contributed by atoms with E-state index in [-0.39, 0.29) is 17.7 Å². The van der Waals surface area contributed by atoms with E-state index in [1.54, 1.807) is 18.2 Å². The first-order chi connectivity index (χ1) is 13.6. The topological polar surface area (TPSA) is 108 Å². The van der Waals surface area contributed by atoms with Crippen LogP contribution in [0.1, 0.15) is 33.5 Å². The number of nitrogens with zero attached hydrogens (tertiary/aromatic N) is 4. The summed E-state index contributed by atoms with van der Waals surface area (Å²) in [6, 6.07) is 13.7. The van der Waals surface area contributed by atoms with Crippen molar-refractivity contribution in [3.63, 3.8) is 0 Å². The molecule has 3 rings (SSSR count). The third-order valence-corrected chi connectivity index (χ3v) is 3.91. The lowest BCUT2D eigenvalue weighted by Gasteiger charge is -2.09. The highest BCUT2D eigenvalue weighted by atomic mass is 16.5. The number of amides is 1. The summed E-state index contributed by atoms with van der Waals surface area (Å²) in [5.41, 5.74) is 1.13. The van der Waals surface area contributed by atoms with E-state index in [0.717, 1.165) is 11.4 Å². The zero-order valence-corrected chi connectivity index (χ0v) is 15.5. The van der Waals surface area contributed by atoms with Gasteiger partial charge in [-0.05, 0) is 53.7 Å². The van der Waals surface area contributed by atoms with Crippen LogP contribution in [0, 0.1) is 0 Å². The van der Waals surface area contributed by atoms with Crippen molar-refractivity contribution in [2.45, 2.75) is 13.5 Å². The van der Waals surface area contributed by atoms with Crippen LogP contribution in [0.5, 0.6) is 5.75 Å². The highest BCUT2D eigenvalue weighted by Crippen LogP contribution is 2.15. The van der Waals surface area contributed by atoms with Crippen molar-refractivity contribution < 1.29 is 19.1 Å². The number of benzene rings is 2. The largest absolute Gasteiger partial charge is 0.494 e. The summed E-state index contributed by atoms with van der Waals surface area (Å²) in [6.07, 6.45) is 0. The predicted molar refractivity (Wildman–Crippen MR) is 99.3 cm³/mol. The quantitative estimate of drug-likeness (QED) is 0.621. The fraction of sp³-hybridized carbons (Fsp3) is 0.211. The molecule has 0 aliphatic rings. The second-order valence-electron chi connectivity index (χ2n) is 5.65. The number of hydrogen-bond donors (Lipinski definition) is 1. The Morgan fingerprint density at radius 1 is 1.07 bits per heavy atom. The molecule has 9 heteroatoms. The van der Waals surface area contributed by atoms with Crippen LogP contribution in [0.4, 0.5) is 0 Å². The van der Waals surface area contributed by atoms with Gasteiger partial charge in [-0.25, -0.2) is 4.79 Å². The number of aromatic nitrogens is 4. The van der Waals surface area contributed by atoms with Gasteiger partial charge in [-0.15, -0.1) is 5.10 Å². The Kier molecular flexibility index (Phi) is 5.95. The fourth-order valence-electron chi connectivity index (χ4n) is 2.59. The maximum Gasteiger partial charge on any atom is 0.338 e. The molecule has 1 amide bonds. The number of esters is 1. The van der Waals surface area contributed by atoms with Crippen LogP contribution in [0.3, 0.4) is 0 Å². The Morgan fingerprint density at radius 3 is 2.46 bits per heavy atom. The first-order valence-corrected chi connectivity index (χ1v) is 8.60. The highest BCUT2D eigenvalue weighted by Gasteiger charge is 2.18. The lowest BCUT2D eigenvalue weighted by molar-refractivity contribution is 0.0596. The van der Waals surface area contributed by atoms with Gasteiger partial charge in [0.15, 0.2) is 5.82 Å². The zero-order chi connectivity index (χ0) is 19.9. The van der Waals surface area contributed by atoms with E-state index < -0.39 is 11.9 Å². The average molecular weight is 381 g/mol. The number of ether oxygens (including phenoxy) is 2. The summed E-state index contributed by atoms with van der Waals surface area (Å²) in [5.74, 6) is 0.175. The monoisotopic (exact) mass is 381 g/mol. The van der Waals surface area contributed by atoms with E-state index in [0.29, 0.717) is 12.4 Å². The minimum Gasteiger partial charge on any atom is -0.494 e. The highest BCUT2D eigenvalue weighted by molar-refractivity contribution is 6.05. The van der Waals surface area contributed by atoms with E-state index >= 15 is 0 Å². The minimum absolute atomic E-state index is 0.0779. The molecule has 9 nitrogen and oxygen atoms in total. The van der Waals surface area contributed by atoms with Gasteiger partial charge in [0.1, 0.15) is 5.75 Å². The van der Waals surface area contributed by atoms with Crippen LogP contribution >= 0.6 is 0 Å². The second kappa shape index (κ2) is 8.76. The third kappa shape index (κ3) is 4.14. The van der Waals surface area contributed by atoms with Gasteiger partial charge in [0.25, 0.3) is 5.91 Å². The van der Waals surface area contributed by atoms with Crippen molar-refractivity contribution in [1.82, 2.24) is 25.5 Å². The second-order valence-corrected chi connectivity index (χ2v) is 5.65. The molecular formula is C19H19N5O4. The van der Waals surface area contributed by atoms with Crippen molar-refractivity contribution in [2.75, 3.05) is 13.7 Å². The summed E-state index contributed by atoms with van der Waals surface area (Å²) >= 11 is 0. The summed E-state index contributed by atoms with van der Waals surface area (Å²) in [4.78, 5) is 24.4. The van der Waals surface area contributed by atoms with Gasteiger partial charge in [-0.1, -0.05) is 12.1 Å². The predicted octanol–water partition coefficient (Wildman–Crippen LogP) is 1.78. The first kappa shape index (κ1) is 19.0. The van der Waals surface area contributed by atoms with Crippen LogP contribution in [0.15, 0.2) is 48.5 Å². The molecule has 0 aliphatic heterocycles. The van der Waals surface area contributed by atoms with Gasteiger partial charge in [0.2, 0.25) is 0 Å². The van der Waals surface area contributed by atoms with Gasteiger partial charge in [0.05, 0.1) is 37.1 Å². The smallest absolute Gasteiger partial charge is 0.338 e. The number of nitrogens with one attached hydrogen (secondary N) is 1. The van der Waals surface area contributed by atoms with Gasteiger partial charge < -0.3 is 14.8 Å². The van der Waals surface area contributed by atoms with Crippen molar-refractivity contribution in [3.05, 3.63) is 65.5 Å². The summed E-state index contributed by atoms with van der Waals surface area (Å²) in [5, 5.41) is 14.3. The molecule has 0 unspecified atom stereocenters. The maximum absolute atomic E-state index is 12.5. The number of tetrazole rings is 1. The molecule has 0 bridgehead atoms. The molecule has 1 N–H and O–H groups in total. The molecule has 2 aromatic carbocycles. The van der Waals surface area contributed by atoms with E-state index in [1.165, 1.54) is 17.9 Å². The molecule has 0 atom stereocenters. The number of rotatable bonds is 7. The Labute approximate surface area is 161 Å². The molecule has 0 saturated heterocycles. The fourth-order valence-corrected chi connectivity index (χ4v) is 2.59. The Bertz CT molecular complexity index is 968. The maximum atomic E-state index is 12.5. The Balaban J connectivity index is 1.74. The molecule has 28 heavy (non-hydrogen) atoms. The number of hydrogen-bond acceptors (Lipinski definition) is 7. The molecule has 0 spiro atoms. The first-order valence-electron chi connectivity index (χ1n) is 8.60. The molecule has 1 aromatic heterocycles. The van der Waals surface area contributed by atoms with E-state index in [4.69, 9.17) is 9.47 Å². The minimum atomic E-state index is -0.579. The van der Waals surface area contributed by atoms with Crippen LogP contribution in [0.2, 0.25) is 0 Å². The van der Waals surface area contributed by atoms with Gasteiger partial charge in [-0.2, -0.15) is 4.68 Å².